The normalized spacial score (nSPS) is 19.0. The zero-order chi connectivity index (χ0) is 23.9. The summed E-state index contributed by atoms with van der Waals surface area (Å²) < 4.78 is 27.6. The van der Waals surface area contributed by atoms with Crippen LogP contribution in [0.3, 0.4) is 0 Å². The number of piperazine rings is 1. The van der Waals surface area contributed by atoms with Crippen molar-refractivity contribution < 1.29 is 13.3 Å². The van der Waals surface area contributed by atoms with Gasteiger partial charge in [-0.25, -0.2) is 8.42 Å². The van der Waals surface area contributed by atoms with Crippen LogP contribution >= 0.6 is 0 Å². The number of para-hydroxylation sites is 1. The van der Waals surface area contributed by atoms with Crippen molar-refractivity contribution in [3.8, 4) is 0 Å². The topological polar surface area (TPSA) is 103 Å². The molecule has 0 unspecified atom stereocenters. The molecule has 0 saturated carbocycles. The molecule has 2 fully saturated rings. The summed E-state index contributed by atoms with van der Waals surface area (Å²) in [4.78, 5) is 19.0. The third kappa shape index (κ3) is 4.28. The molecule has 2 saturated heterocycles. The van der Waals surface area contributed by atoms with Crippen molar-refractivity contribution in [2.75, 3.05) is 51.2 Å². The smallest absolute Gasteiger partial charge is 0.293 e. The highest BCUT2D eigenvalue weighted by molar-refractivity contribution is 7.89. The van der Waals surface area contributed by atoms with E-state index < -0.39 is 14.9 Å². The third-order valence-corrected chi connectivity index (χ3v) is 8.96. The van der Waals surface area contributed by atoms with E-state index in [0.717, 1.165) is 18.4 Å². The van der Waals surface area contributed by atoms with Crippen LogP contribution in [0.25, 0.3) is 10.9 Å². The van der Waals surface area contributed by atoms with Gasteiger partial charge in [0.05, 0.1) is 9.82 Å². The molecular formula is C24H29N5O4S. The molecule has 1 aromatic heterocycles. The van der Waals surface area contributed by atoms with Gasteiger partial charge in [0.1, 0.15) is 5.69 Å². The summed E-state index contributed by atoms with van der Waals surface area (Å²) in [5.74, 6) is 0.361. The Balaban J connectivity index is 1.34. The summed E-state index contributed by atoms with van der Waals surface area (Å²) in [6, 6.07) is 14.7. The molecule has 0 aliphatic carbocycles. The predicted octanol–water partition coefficient (Wildman–Crippen LogP) is 3.40. The Kier molecular flexibility index (Phi) is 6.05. The van der Waals surface area contributed by atoms with E-state index in [4.69, 9.17) is 0 Å². The second kappa shape index (κ2) is 9.01. The van der Waals surface area contributed by atoms with Gasteiger partial charge in [-0.15, -0.1) is 0 Å². The van der Waals surface area contributed by atoms with E-state index in [9.17, 15) is 18.5 Å². The molecule has 0 spiro atoms. The van der Waals surface area contributed by atoms with E-state index in [-0.39, 0.29) is 10.6 Å². The van der Waals surface area contributed by atoms with Gasteiger partial charge in [0, 0.05) is 62.5 Å². The number of H-pyrrole nitrogens is 1. The number of aromatic nitrogens is 1. The van der Waals surface area contributed by atoms with E-state index in [1.165, 1.54) is 27.5 Å². The van der Waals surface area contributed by atoms with Crippen molar-refractivity contribution in [3.63, 3.8) is 0 Å². The molecule has 5 rings (SSSR count). The number of fused-ring (bicyclic) bond motifs is 1. The van der Waals surface area contributed by atoms with E-state index in [2.05, 4.69) is 28.1 Å². The van der Waals surface area contributed by atoms with Gasteiger partial charge in [-0.05, 0) is 49.5 Å². The summed E-state index contributed by atoms with van der Waals surface area (Å²) in [6.45, 7) is 3.40. The molecule has 0 radical (unpaired) electrons. The van der Waals surface area contributed by atoms with Crippen LogP contribution in [0.5, 0.6) is 0 Å². The van der Waals surface area contributed by atoms with E-state index in [0.29, 0.717) is 50.9 Å². The number of hydrogen-bond acceptors (Lipinski definition) is 6. The molecule has 180 valence electrons. The van der Waals surface area contributed by atoms with Crippen molar-refractivity contribution >= 4 is 32.3 Å². The fourth-order valence-corrected chi connectivity index (χ4v) is 6.44. The molecule has 2 aromatic carbocycles. The van der Waals surface area contributed by atoms with Crippen LogP contribution in [0.4, 0.5) is 11.4 Å². The fraction of sp³-hybridized carbons (Fsp3) is 0.417. The van der Waals surface area contributed by atoms with Crippen molar-refractivity contribution in [1.82, 2.24) is 14.2 Å². The van der Waals surface area contributed by atoms with Crippen LogP contribution < -0.4 is 4.90 Å². The zero-order valence-corrected chi connectivity index (χ0v) is 20.0. The molecule has 2 aliphatic rings. The molecule has 0 atom stereocenters. The lowest BCUT2D eigenvalue weighted by atomic mass is 9.93. The minimum Gasteiger partial charge on any atom is -0.366 e. The highest BCUT2D eigenvalue weighted by Crippen LogP contribution is 2.37. The number of nitrogens with one attached hydrogen (secondary N) is 1. The number of likely N-dealkylation sites (N-methyl/N-ethyl adjacent to an activating group) is 1. The molecular weight excluding hydrogens is 454 g/mol. The standard InChI is InChI=1S/C24H29N5O4S/c1-26-12-14-28(15-13-26)34(32,33)20-6-7-23(24(17-20)29(30)31)27-10-8-18(9-11-27)22-16-19-4-2-3-5-21(19)25-22/h2-7,16-18,25H,8-15H2,1H3. The number of nitro benzene ring substituents is 1. The Morgan fingerprint density at radius 1 is 0.971 bits per heavy atom. The first-order valence-corrected chi connectivity index (χ1v) is 13.1. The number of aromatic amines is 1. The highest BCUT2D eigenvalue weighted by atomic mass is 32.2. The van der Waals surface area contributed by atoms with Crippen molar-refractivity contribution in [3.05, 3.63) is 64.3 Å². The van der Waals surface area contributed by atoms with Crippen molar-refractivity contribution in [2.45, 2.75) is 23.7 Å². The SMILES string of the molecule is CN1CCN(S(=O)(=O)c2ccc(N3CCC(c4cc5ccccc5[nH]4)CC3)c([N+](=O)[O-])c2)CC1. The Hall–Kier alpha value is -2.95. The second-order valence-corrected chi connectivity index (χ2v) is 11.1. The maximum atomic E-state index is 13.1. The van der Waals surface area contributed by atoms with Gasteiger partial charge in [0.25, 0.3) is 5.69 Å². The molecule has 1 N–H and O–H groups in total. The van der Waals surface area contributed by atoms with E-state index >= 15 is 0 Å². The first kappa shape index (κ1) is 22.8. The quantitative estimate of drug-likeness (QED) is 0.441. The predicted molar refractivity (Wildman–Crippen MR) is 132 cm³/mol. The molecule has 9 nitrogen and oxygen atoms in total. The maximum Gasteiger partial charge on any atom is 0.293 e. The fourth-order valence-electron chi connectivity index (χ4n) is 5.00. The number of rotatable bonds is 5. The molecule has 10 heteroatoms. The molecule has 2 aliphatic heterocycles. The van der Waals surface area contributed by atoms with E-state index in [1.807, 2.05) is 24.1 Å². The average molecular weight is 484 g/mol. The number of piperidine rings is 1. The largest absolute Gasteiger partial charge is 0.366 e. The summed E-state index contributed by atoms with van der Waals surface area (Å²) in [6.07, 6.45) is 1.73. The lowest BCUT2D eigenvalue weighted by Gasteiger charge is -2.33. The van der Waals surface area contributed by atoms with Crippen LogP contribution in [0.15, 0.2) is 53.4 Å². The third-order valence-electron chi connectivity index (χ3n) is 7.07. The molecule has 3 aromatic rings. The first-order chi connectivity index (χ1) is 16.3. The lowest BCUT2D eigenvalue weighted by molar-refractivity contribution is -0.384. The van der Waals surface area contributed by atoms with Crippen molar-refractivity contribution in [2.24, 2.45) is 0 Å². The Morgan fingerprint density at radius 2 is 1.68 bits per heavy atom. The van der Waals surface area contributed by atoms with E-state index in [1.54, 1.807) is 6.07 Å². The van der Waals surface area contributed by atoms with Crippen LogP contribution in [-0.2, 0) is 10.0 Å². The molecule has 3 heterocycles. The number of nitrogens with zero attached hydrogens (tertiary/aromatic N) is 4. The van der Waals surface area contributed by atoms with Gasteiger partial charge in [-0.1, -0.05) is 18.2 Å². The van der Waals surface area contributed by atoms with Gasteiger partial charge >= 0.3 is 0 Å². The maximum absolute atomic E-state index is 13.1. The van der Waals surface area contributed by atoms with Crippen LogP contribution in [0, 0.1) is 10.1 Å². The summed E-state index contributed by atoms with van der Waals surface area (Å²) in [5, 5.41) is 13.1. The van der Waals surface area contributed by atoms with Gasteiger partial charge in [0.2, 0.25) is 10.0 Å². The van der Waals surface area contributed by atoms with Crippen molar-refractivity contribution in [1.29, 1.82) is 0 Å². The highest BCUT2D eigenvalue weighted by Gasteiger charge is 2.32. The number of nitro groups is 1. The van der Waals surface area contributed by atoms with Crippen LogP contribution in [-0.4, -0.2) is 73.8 Å². The van der Waals surface area contributed by atoms with Gasteiger partial charge < -0.3 is 14.8 Å². The van der Waals surface area contributed by atoms with Crippen LogP contribution in [0.2, 0.25) is 0 Å². The average Bonchev–Trinajstić information content (AvgIpc) is 3.28. The Labute approximate surface area is 199 Å². The number of hydrogen-bond donors (Lipinski definition) is 1. The molecule has 34 heavy (non-hydrogen) atoms. The Bertz CT molecular complexity index is 1270. The summed E-state index contributed by atoms with van der Waals surface area (Å²) in [5.41, 5.74) is 2.65. The van der Waals surface area contributed by atoms with Gasteiger partial charge in [-0.2, -0.15) is 4.31 Å². The van der Waals surface area contributed by atoms with Gasteiger partial charge in [0.15, 0.2) is 0 Å². The monoisotopic (exact) mass is 483 g/mol. The van der Waals surface area contributed by atoms with Gasteiger partial charge in [-0.3, -0.25) is 10.1 Å². The zero-order valence-electron chi connectivity index (χ0n) is 19.2. The first-order valence-electron chi connectivity index (χ1n) is 11.6. The van der Waals surface area contributed by atoms with Crippen LogP contribution in [0.1, 0.15) is 24.5 Å². The Morgan fingerprint density at radius 3 is 2.35 bits per heavy atom. The number of benzene rings is 2. The second-order valence-electron chi connectivity index (χ2n) is 9.19. The number of anilines is 1. The summed E-state index contributed by atoms with van der Waals surface area (Å²) >= 11 is 0. The lowest BCUT2D eigenvalue weighted by Crippen LogP contribution is -2.47. The molecule has 0 bridgehead atoms. The minimum atomic E-state index is -3.77. The number of sulfonamides is 1. The minimum absolute atomic E-state index is 0.0135. The molecule has 0 amide bonds. The summed E-state index contributed by atoms with van der Waals surface area (Å²) in [7, 11) is -1.82.